The van der Waals surface area contributed by atoms with E-state index in [2.05, 4.69) is 81.4 Å². The second kappa shape index (κ2) is 17.9. The van der Waals surface area contributed by atoms with Gasteiger partial charge < -0.3 is 9.64 Å². The first-order chi connectivity index (χ1) is 17.5. The number of carbonyl (C=O) groups excluding carboxylic acids is 1. The molecule has 0 aliphatic carbocycles. The SMILES string of the molecule is CCCCC/C=C\C/C=C\CCCCCCCC(=O)Oc1cccc2cccc(C[C@H](C)N(C)C)c12. The monoisotopic (exact) mass is 491 g/mol. The molecule has 0 saturated heterocycles. The van der Waals surface area contributed by atoms with Gasteiger partial charge in [-0.1, -0.05) is 93.7 Å². The minimum Gasteiger partial charge on any atom is -0.426 e. The van der Waals surface area contributed by atoms with Gasteiger partial charge in [0, 0.05) is 17.8 Å². The summed E-state index contributed by atoms with van der Waals surface area (Å²) in [6.45, 7) is 4.47. The number of hydrogen-bond acceptors (Lipinski definition) is 3. The third kappa shape index (κ3) is 11.6. The first-order valence-electron chi connectivity index (χ1n) is 14.2. The summed E-state index contributed by atoms with van der Waals surface area (Å²) in [4.78, 5) is 14.8. The third-order valence-corrected chi connectivity index (χ3v) is 6.90. The Morgan fingerprint density at radius 1 is 0.861 bits per heavy atom. The summed E-state index contributed by atoms with van der Waals surface area (Å²) in [5.41, 5.74) is 1.23. The summed E-state index contributed by atoms with van der Waals surface area (Å²) >= 11 is 0. The molecule has 0 aliphatic rings. The van der Waals surface area contributed by atoms with Crippen molar-refractivity contribution < 1.29 is 9.53 Å². The van der Waals surface area contributed by atoms with E-state index in [-0.39, 0.29) is 5.97 Å². The summed E-state index contributed by atoms with van der Waals surface area (Å²) < 4.78 is 5.86. The van der Waals surface area contributed by atoms with Crippen LogP contribution >= 0.6 is 0 Å². The van der Waals surface area contributed by atoms with Gasteiger partial charge in [-0.15, -0.1) is 0 Å². The summed E-state index contributed by atoms with van der Waals surface area (Å²) in [7, 11) is 4.20. The van der Waals surface area contributed by atoms with E-state index >= 15 is 0 Å². The first-order valence-corrected chi connectivity index (χ1v) is 14.2. The highest BCUT2D eigenvalue weighted by Crippen LogP contribution is 2.30. The fraction of sp³-hybridized carbons (Fsp3) is 0.545. The molecule has 3 nitrogen and oxygen atoms in total. The van der Waals surface area contributed by atoms with Crippen LogP contribution in [0.3, 0.4) is 0 Å². The van der Waals surface area contributed by atoms with Crippen LogP contribution in [0.2, 0.25) is 0 Å². The second-order valence-corrected chi connectivity index (χ2v) is 10.2. The number of allylic oxidation sites excluding steroid dienone is 4. The molecule has 2 aromatic rings. The summed E-state index contributed by atoms with van der Waals surface area (Å²) in [5.74, 6) is 0.574. The number of benzene rings is 2. The smallest absolute Gasteiger partial charge is 0.311 e. The fourth-order valence-corrected chi connectivity index (χ4v) is 4.39. The lowest BCUT2D eigenvalue weighted by molar-refractivity contribution is -0.134. The van der Waals surface area contributed by atoms with Crippen LogP contribution in [0.4, 0.5) is 0 Å². The minimum atomic E-state index is -0.122. The zero-order valence-electron chi connectivity index (χ0n) is 23.3. The standard InChI is InChI=1S/C33H49NO2/c1-5-6-7-8-9-10-11-12-13-14-15-16-17-18-19-26-32(35)36-31-25-21-23-29-22-20-24-30(33(29)31)27-28(2)34(3)4/h9-10,12-13,20-25,28H,5-8,11,14-19,26-27H2,1-4H3/b10-9-,13-12-/t28-/m0/s1. The number of esters is 1. The van der Waals surface area contributed by atoms with Gasteiger partial charge >= 0.3 is 5.97 Å². The van der Waals surface area contributed by atoms with E-state index in [0.717, 1.165) is 42.9 Å². The summed E-state index contributed by atoms with van der Waals surface area (Å²) in [6, 6.07) is 12.7. The van der Waals surface area contributed by atoms with Crippen LogP contribution in [0.5, 0.6) is 5.75 Å². The molecule has 0 heterocycles. The Morgan fingerprint density at radius 3 is 2.19 bits per heavy atom. The molecule has 3 heteroatoms. The molecule has 198 valence electrons. The zero-order valence-corrected chi connectivity index (χ0v) is 23.3. The summed E-state index contributed by atoms with van der Waals surface area (Å²) in [5, 5.41) is 2.20. The number of fused-ring (bicyclic) bond motifs is 1. The molecule has 0 N–H and O–H groups in total. The van der Waals surface area contributed by atoms with Gasteiger partial charge in [-0.05, 0) is 83.0 Å². The molecule has 0 spiro atoms. The van der Waals surface area contributed by atoms with E-state index < -0.39 is 0 Å². The molecule has 36 heavy (non-hydrogen) atoms. The van der Waals surface area contributed by atoms with E-state index in [1.54, 1.807) is 0 Å². The van der Waals surface area contributed by atoms with Crippen LogP contribution in [-0.2, 0) is 11.2 Å². The Labute approximate surface area is 220 Å². The van der Waals surface area contributed by atoms with Crippen molar-refractivity contribution in [2.45, 2.75) is 103 Å². The minimum absolute atomic E-state index is 0.122. The van der Waals surface area contributed by atoms with Crippen molar-refractivity contribution in [3.63, 3.8) is 0 Å². The van der Waals surface area contributed by atoms with Crippen LogP contribution in [0.1, 0.15) is 96.5 Å². The van der Waals surface area contributed by atoms with Gasteiger partial charge in [0.15, 0.2) is 0 Å². The molecule has 0 amide bonds. The van der Waals surface area contributed by atoms with Gasteiger partial charge in [0.2, 0.25) is 0 Å². The number of ether oxygens (including phenoxy) is 1. The number of carbonyl (C=O) groups is 1. The number of rotatable bonds is 18. The molecular formula is C33H49NO2. The average Bonchev–Trinajstić information content (AvgIpc) is 2.86. The van der Waals surface area contributed by atoms with Crippen LogP contribution in [-0.4, -0.2) is 31.0 Å². The number of nitrogens with zero attached hydrogens (tertiary/aromatic N) is 1. The molecule has 0 aromatic heterocycles. The quantitative estimate of drug-likeness (QED) is 0.0901. The molecule has 0 radical (unpaired) electrons. The lowest BCUT2D eigenvalue weighted by Crippen LogP contribution is -2.26. The zero-order chi connectivity index (χ0) is 26.0. The second-order valence-electron chi connectivity index (χ2n) is 10.2. The molecule has 1 atom stereocenters. The maximum atomic E-state index is 12.6. The van der Waals surface area contributed by atoms with Gasteiger partial charge in [0.1, 0.15) is 5.75 Å². The van der Waals surface area contributed by atoms with Gasteiger partial charge in [-0.3, -0.25) is 4.79 Å². The maximum absolute atomic E-state index is 12.6. The lowest BCUT2D eigenvalue weighted by atomic mass is 9.98. The molecule has 2 rings (SSSR count). The Hall–Kier alpha value is -2.39. The highest BCUT2D eigenvalue weighted by molar-refractivity contribution is 5.93. The predicted molar refractivity (Wildman–Crippen MR) is 156 cm³/mol. The van der Waals surface area contributed by atoms with Crippen molar-refractivity contribution in [2.24, 2.45) is 0 Å². The molecule has 2 aromatic carbocycles. The van der Waals surface area contributed by atoms with Crippen LogP contribution in [0.25, 0.3) is 10.8 Å². The van der Waals surface area contributed by atoms with Crippen molar-refractivity contribution in [1.82, 2.24) is 4.90 Å². The predicted octanol–water partition coefficient (Wildman–Crippen LogP) is 9.05. The number of likely N-dealkylation sites (N-methyl/N-ethyl adjacent to an activating group) is 1. The first kappa shape index (κ1) is 29.8. The fourth-order valence-electron chi connectivity index (χ4n) is 4.39. The summed E-state index contributed by atoms with van der Waals surface area (Å²) in [6.07, 6.45) is 23.6. The maximum Gasteiger partial charge on any atom is 0.311 e. The molecular weight excluding hydrogens is 442 g/mol. The number of unbranched alkanes of at least 4 members (excludes halogenated alkanes) is 8. The van der Waals surface area contributed by atoms with Gasteiger partial charge in [-0.2, -0.15) is 0 Å². The van der Waals surface area contributed by atoms with E-state index in [1.165, 1.54) is 50.5 Å². The van der Waals surface area contributed by atoms with Crippen LogP contribution in [0, 0.1) is 0 Å². The Balaban J connectivity index is 1.66. The van der Waals surface area contributed by atoms with E-state index in [1.807, 2.05) is 12.1 Å². The van der Waals surface area contributed by atoms with Crippen molar-refractivity contribution in [3.8, 4) is 5.75 Å². The Bertz CT molecular complexity index is 939. The van der Waals surface area contributed by atoms with Gasteiger partial charge in [-0.25, -0.2) is 0 Å². The Morgan fingerprint density at radius 2 is 1.50 bits per heavy atom. The Kier molecular flexibility index (Phi) is 14.9. The van der Waals surface area contributed by atoms with Gasteiger partial charge in [0.05, 0.1) is 0 Å². The largest absolute Gasteiger partial charge is 0.426 e. The van der Waals surface area contributed by atoms with Crippen molar-refractivity contribution >= 4 is 16.7 Å². The highest BCUT2D eigenvalue weighted by Gasteiger charge is 2.14. The molecule has 0 saturated carbocycles. The molecule has 0 bridgehead atoms. The van der Waals surface area contributed by atoms with Crippen molar-refractivity contribution in [2.75, 3.05) is 14.1 Å². The number of hydrogen-bond donors (Lipinski definition) is 0. The molecule has 0 unspecified atom stereocenters. The van der Waals surface area contributed by atoms with Crippen molar-refractivity contribution in [3.05, 3.63) is 66.3 Å². The van der Waals surface area contributed by atoms with E-state index in [9.17, 15) is 4.79 Å². The van der Waals surface area contributed by atoms with E-state index in [0.29, 0.717) is 18.2 Å². The third-order valence-electron chi connectivity index (χ3n) is 6.90. The van der Waals surface area contributed by atoms with E-state index in [4.69, 9.17) is 4.74 Å². The van der Waals surface area contributed by atoms with Crippen molar-refractivity contribution in [1.29, 1.82) is 0 Å². The van der Waals surface area contributed by atoms with Crippen LogP contribution < -0.4 is 4.74 Å². The highest BCUT2D eigenvalue weighted by atomic mass is 16.5. The average molecular weight is 492 g/mol. The normalized spacial score (nSPS) is 12.8. The topological polar surface area (TPSA) is 29.5 Å². The molecule has 0 aliphatic heterocycles. The van der Waals surface area contributed by atoms with Crippen LogP contribution in [0.15, 0.2) is 60.7 Å². The molecule has 0 fully saturated rings. The van der Waals surface area contributed by atoms with Gasteiger partial charge in [0.25, 0.3) is 0 Å². The lowest BCUT2D eigenvalue weighted by Gasteiger charge is -2.21.